The highest BCUT2D eigenvalue weighted by molar-refractivity contribution is 6.15. The molecule has 0 aliphatic carbocycles. The zero-order valence-corrected chi connectivity index (χ0v) is 10.1. The number of fused-ring (bicyclic) bond motifs is 5. The molecule has 0 spiro atoms. The molecule has 2 heterocycles. The van der Waals surface area contributed by atoms with Gasteiger partial charge in [0.15, 0.2) is 0 Å². The Morgan fingerprint density at radius 3 is 2.95 bits per heavy atom. The van der Waals surface area contributed by atoms with Gasteiger partial charge in [0.1, 0.15) is 0 Å². The fourth-order valence-electron chi connectivity index (χ4n) is 2.61. The molecule has 0 bridgehead atoms. The van der Waals surface area contributed by atoms with E-state index in [4.69, 9.17) is 0 Å². The van der Waals surface area contributed by atoms with Crippen molar-refractivity contribution in [3.05, 3.63) is 48.2 Å². The first-order chi connectivity index (χ1) is 9.33. The lowest BCUT2D eigenvalue weighted by Crippen LogP contribution is -2.33. The van der Waals surface area contributed by atoms with Crippen LogP contribution in [0.5, 0.6) is 0 Å². The number of nitrogens with one attached hydrogen (secondary N) is 2. The van der Waals surface area contributed by atoms with Crippen LogP contribution in [0, 0.1) is 0 Å². The third kappa shape index (κ3) is 1.46. The van der Waals surface area contributed by atoms with Crippen LogP contribution in [-0.4, -0.2) is 11.0 Å². The number of aromatic nitrogens is 1. The van der Waals surface area contributed by atoms with Crippen LogP contribution in [0.15, 0.2) is 42.6 Å². The number of anilines is 1. The second-order valence-corrected chi connectivity index (χ2v) is 4.65. The van der Waals surface area contributed by atoms with E-state index in [-0.39, 0.29) is 6.03 Å². The van der Waals surface area contributed by atoms with Gasteiger partial charge in [-0.25, -0.2) is 4.79 Å². The van der Waals surface area contributed by atoms with Crippen LogP contribution in [0.25, 0.3) is 21.7 Å². The van der Waals surface area contributed by atoms with Crippen LogP contribution in [0.3, 0.4) is 0 Å². The summed E-state index contributed by atoms with van der Waals surface area (Å²) >= 11 is 0. The number of hydrogen-bond donors (Lipinski definition) is 2. The maximum Gasteiger partial charge on any atom is 0.319 e. The van der Waals surface area contributed by atoms with Gasteiger partial charge in [-0.2, -0.15) is 0 Å². The molecule has 4 heteroatoms. The molecule has 1 aromatic heterocycles. The standard InChI is InChI=1S/C15H11N3O/c19-15-17-8-10-5-6-12-13(14(10)18-15)11-4-2-1-3-9(11)7-16-12/h1-7H,8H2,(H2,17,18,19). The summed E-state index contributed by atoms with van der Waals surface area (Å²) in [5, 5.41) is 8.90. The number of carbonyl (C=O) groups excluding carboxylic acids is 1. The van der Waals surface area contributed by atoms with Crippen molar-refractivity contribution in [2.75, 3.05) is 5.32 Å². The van der Waals surface area contributed by atoms with Crippen molar-refractivity contribution >= 4 is 33.4 Å². The minimum atomic E-state index is -0.159. The Balaban J connectivity index is 2.19. The molecule has 0 unspecified atom stereocenters. The predicted molar refractivity (Wildman–Crippen MR) is 75.1 cm³/mol. The van der Waals surface area contributed by atoms with E-state index in [9.17, 15) is 4.79 Å². The van der Waals surface area contributed by atoms with Crippen LogP contribution in [0.1, 0.15) is 5.56 Å². The number of urea groups is 1. The van der Waals surface area contributed by atoms with Crippen molar-refractivity contribution in [2.24, 2.45) is 0 Å². The third-order valence-corrected chi connectivity index (χ3v) is 3.52. The van der Waals surface area contributed by atoms with E-state index in [0.29, 0.717) is 6.54 Å². The number of carbonyl (C=O) groups is 1. The monoisotopic (exact) mass is 249 g/mol. The molecule has 0 atom stereocenters. The lowest BCUT2D eigenvalue weighted by Gasteiger charge is -2.20. The van der Waals surface area contributed by atoms with Crippen LogP contribution >= 0.6 is 0 Å². The molecule has 0 radical (unpaired) electrons. The largest absolute Gasteiger partial charge is 0.334 e. The molecule has 92 valence electrons. The average molecular weight is 249 g/mol. The molecule has 2 aromatic carbocycles. The van der Waals surface area contributed by atoms with Gasteiger partial charge in [0.05, 0.1) is 11.2 Å². The van der Waals surface area contributed by atoms with Crippen LogP contribution in [0.4, 0.5) is 10.5 Å². The molecule has 0 saturated carbocycles. The second kappa shape index (κ2) is 3.68. The zero-order valence-electron chi connectivity index (χ0n) is 10.1. The Morgan fingerprint density at radius 1 is 1.11 bits per heavy atom. The van der Waals surface area contributed by atoms with Gasteiger partial charge in [-0.3, -0.25) is 4.98 Å². The van der Waals surface area contributed by atoms with E-state index < -0.39 is 0 Å². The molecule has 1 aliphatic rings. The Bertz CT molecular complexity index is 826. The molecule has 19 heavy (non-hydrogen) atoms. The highest BCUT2D eigenvalue weighted by Crippen LogP contribution is 2.33. The molecule has 4 rings (SSSR count). The Kier molecular flexibility index (Phi) is 2.00. The van der Waals surface area contributed by atoms with Crippen molar-refractivity contribution in [3.63, 3.8) is 0 Å². The van der Waals surface area contributed by atoms with Gasteiger partial charge in [-0.1, -0.05) is 30.3 Å². The lowest BCUT2D eigenvalue weighted by atomic mass is 10.0. The highest BCUT2D eigenvalue weighted by atomic mass is 16.2. The number of amides is 2. The summed E-state index contributed by atoms with van der Waals surface area (Å²) in [5.41, 5.74) is 2.87. The third-order valence-electron chi connectivity index (χ3n) is 3.52. The first-order valence-corrected chi connectivity index (χ1v) is 6.17. The van der Waals surface area contributed by atoms with E-state index in [1.54, 1.807) is 0 Å². The number of benzene rings is 2. The normalized spacial score (nSPS) is 14.0. The summed E-state index contributed by atoms with van der Waals surface area (Å²) in [4.78, 5) is 16.0. The van der Waals surface area contributed by atoms with Gasteiger partial charge in [-0.05, 0) is 17.0 Å². The van der Waals surface area contributed by atoms with Gasteiger partial charge in [0.2, 0.25) is 0 Å². The molecular weight excluding hydrogens is 238 g/mol. The fraction of sp³-hybridized carbons (Fsp3) is 0.0667. The minimum Gasteiger partial charge on any atom is -0.334 e. The zero-order chi connectivity index (χ0) is 12.8. The molecule has 2 N–H and O–H groups in total. The second-order valence-electron chi connectivity index (χ2n) is 4.65. The summed E-state index contributed by atoms with van der Waals surface area (Å²) in [6.45, 7) is 0.556. The average Bonchev–Trinajstić information content (AvgIpc) is 2.46. The predicted octanol–water partition coefficient (Wildman–Crippen LogP) is 3.02. The van der Waals surface area contributed by atoms with Crippen molar-refractivity contribution in [1.29, 1.82) is 0 Å². The molecule has 2 amide bonds. The smallest absolute Gasteiger partial charge is 0.319 e. The molecule has 0 fully saturated rings. The van der Waals surface area contributed by atoms with E-state index in [0.717, 1.165) is 32.9 Å². The van der Waals surface area contributed by atoms with Crippen molar-refractivity contribution < 1.29 is 4.79 Å². The van der Waals surface area contributed by atoms with E-state index in [1.807, 2.05) is 36.5 Å². The first kappa shape index (κ1) is 10.3. The van der Waals surface area contributed by atoms with Gasteiger partial charge < -0.3 is 10.6 Å². The lowest BCUT2D eigenvalue weighted by molar-refractivity contribution is 0.251. The Morgan fingerprint density at radius 2 is 2.00 bits per heavy atom. The van der Waals surface area contributed by atoms with Crippen LogP contribution in [-0.2, 0) is 6.54 Å². The van der Waals surface area contributed by atoms with Crippen molar-refractivity contribution in [3.8, 4) is 0 Å². The van der Waals surface area contributed by atoms with Crippen LogP contribution < -0.4 is 10.6 Å². The Hall–Kier alpha value is -2.62. The SMILES string of the molecule is O=C1NCc2ccc3ncc4ccccc4c3c2N1. The summed E-state index contributed by atoms with van der Waals surface area (Å²) in [7, 11) is 0. The number of nitrogens with zero attached hydrogens (tertiary/aromatic N) is 1. The maximum atomic E-state index is 11.6. The molecular formula is C15H11N3O. The van der Waals surface area contributed by atoms with E-state index in [1.165, 1.54) is 0 Å². The van der Waals surface area contributed by atoms with E-state index >= 15 is 0 Å². The van der Waals surface area contributed by atoms with Gasteiger partial charge in [0.25, 0.3) is 0 Å². The summed E-state index contributed by atoms with van der Waals surface area (Å²) in [6.07, 6.45) is 1.87. The summed E-state index contributed by atoms with van der Waals surface area (Å²) < 4.78 is 0. The first-order valence-electron chi connectivity index (χ1n) is 6.17. The van der Waals surface area contributed by atoms with Gasteiger partial charge in [-0.15, -0.1) is 0 Å². The number of rotatable bonds is 0. The van der Waals surface area contributed by atoms with Crippen LogP contribution in [0.2, 0.25) is 0 Å². The minimum absolute atomic E-state index is 0.159. The Labute approximate surface area is 109 Å². The van der Waals surface area contributed by atoms with Gasteiger partial charge >= 0.3 is 6.03 Å². The molecule has 0 saturated heterocycles. The van der Waals surface area contributed by atoms with E-state index in [2.05, 4.69) is 21.7 Å². The maximum absolute atomic E-state index is 11.6. The molecule has 1 aliphatic heterocycles. The summed E-state index contributed by atoms with van der Waals surface area (Å²) in [5.74, 6) is 0. The van der Waals surface area contributed by atoms with Crippen molar-refractivity contribution in [2.45, 2.75) is 6.54 Å². The molecule has 4 nitrogen and oxygen atoms in total. The topological polar surface area (TPSA) is 54.0 Å². The van der Waals surface area contributed by atoms with Crippen molar-refractivity contribution in [1.82, 2.24) is 10.3 Å². The summed E-state index contributed by atoms with van der Waals surface area (Å²) in [6, 6.07) is 11.9. The quantitative estimate of drug-likeness (QED) is 0.602. The van der Waals surface area contributed by atoms with Gasteiger partial charge in [0, 0.05) is 23.5 Å². The fourth-order valence-corrected chi connectivity index (χ4v) is 2.61. The molecule has 3 aromatic rings. The number of pyridine rings is 1. The highest BCUT2D eigenvalue weighted by Gasteiger charge is 2.18. The number of hydrogen-bond acceptors (Lipinski definition) is 2.